The average Bonchev–Trinajstić information content (AvgIpc) is 2.88. The lowest BCUT2D eigenvalue weighted by atomic mass is 10.1. The van der Waals surface area contributed by atoms with Crippen molar-refractivity contribution in [3.63, 3.8) is 0 Å². The van der Waals surface area contributed by atoms with Crippen LogP contribution in [0.4, 0.5) is 19.3 Å². The molecule has 128 valence electrons. The quantitative estimate of drug-likeness (QED) is 0.917. The number of benzene rings is 1. The van der Waals surface area contributed by atoms with Gasteiger partial charge in [-0.3, -0.25) is 0 Å². The van der Waals surface area contributed by atoms with Crippen molar-refractivity contribution >= 4 is 11.8 Å². The van der Waals surface area contributed by atoms with Gasteiger partial charge in [-0.25, -0.2) is 13.6 Å². The Kier molecular flexibility index (Phi) is 5.44. The highest BCUT2D eigenvalue weighted by molar-refractivity contribution is 5.67. The van der Waals surface area contributed by atoms with Gasteiger partial charge >= 0.3 is 6.09 Å². The minimum atomic E-state index is -0.828. The maximum absolute atomic E-state index is 13.3. The normalized spacial score (nSPS) is 18.1. The molecule has 23 heavy (non-hydrogen) atoms. The Hall–Kier alpha value is -1.85. The number of hydrogen-bond donors (Lipinski definition) is 1. The maximum Gasteiger partial charge on any atom is 0.407 e. The third-order valence-corrected chi connectivity index (χ3v) is 3.77. The van der Waals surface area contributed by atoms with Crippen molar-refractivity contribution in [3.8, 4) is 0 Å². The summed E-state index contributed by atoms with van der Waals surface area (Å²) >= 11 is 0. The Balaban J connectivity index is 1.75. The number of alkyl carbamates (subject to hydrolysis) is 1. The molecule has 6 heteroatoms. The van der Waals surface area contributed by atoms with E-state index in [1.807, 2.05) is 25.7 Å². The van der Waals surface area contributed by atoms with E-state index in [0.29, 0.717) is 18.2 Å². The summed E-state index contributed by atoms with van der Waals surface area (Å²) in [7, 11) is 0. The zero-order valence-electron chi connectivity index (χ0n) is 13.9. The van der Waals surface area contributed by atoms with Crippen molar-refractivity contribution in [2.24, 2.45) is 5.92 Å². The summed E-state index contributed by atoms with van der Waals surface area (Å²) in [4.78, 5) is 13.6. The summed E-state index contributed by atoms with van der Waals surface area (Å²) in [6, 6.07) is 3.98. The number of ether oxygens (including phenoxy) is 1. The predicted octanol–water partition coefficient (Wildman–Crippen LogP) is 3.71. The molecule has 0 aromatic heterocycles. The first-order valence-corrected chi connectivity index (χ1v) is 7.91. The van der Waals surface area contributed by atoms with Crippen molar-refractivity contribution in [2.45, 2.75) is 39.2 Å². The van der Waals surface area contributed by atoms with Gasteiger partial charge < -0.3 is 15.0 Å². The zero-order chi connectivity index (χ0) is 17.0. The van der Waals surface area contributed by atoms with E-state index in [0.717, 1.165) is 32.0 Å². The lowest BCUT2D eigenvalue weighted by Crippen LogP contribution is -2.33. The van der Waals surface area contributed by atoms with Gasteiger partial charge in [-0.15, -0.1) is 0 Å². The van der Waals surface area contributed by atoms with Crippen LogP contribution in [0.1, 0.15) is 33.6 Å². The van der Waals surface area contributed by atoms with Crippen LogP contribution in [0.15, 0.2) is 18.2 Å². The summed E-state index contributed by atoms with van der Waals surface area (Å²) in [6.07, 6.45) is 1.39. The topological polar surface area (TPSA) is 41.6 Å². The molecule has 0 spiro atoms. The second kappa shape index (κ2) is 7.15. The molecule has 2 rings (SSSR count). The Labute approximate surface area is 135 Å². The summed E-state index contributed by atoms with van der Waals surface area (Å²) in [6.45, 7) is 7.60. The minimum absolute atomic E-state index is 0.409. The van der Waals surface area contributed by atoms with Crippen molar-refractivity contribution in [1.82, 2.24) is 5.32 Å². The predicted molar refractivity (Wildman–Crippen MR) is 85.5 cm³/mol. The van der Waals surface area contributed by atoms with E-state index in [1.165, 1.54) is 6.07 Å². The monoisotopic (exact) mass is 326 g/mol. The second-order valence-corrected chi connectivity index (χ2v) is 6.92. The van der Waals surface area contributed by atoms with Gasteiger partial charge in [0.25, 0.3) is 0 Å². The van der Waals surface area contributed by atoms with Crippen LogP contribution in [-0.2, 0) is 4.74 Å². The summed E-state index contributed by atoms with van der Waals surface area (Å²) in [5.41, 5.74) is 0.201. The van der Waals surface area contributed by atoms with Crippen molar-refractivity contribution in [3.05, 3.63) is 29.8 Å². The number of rotatable bonds is 4. The molecule has 1 aliphatic rings. The van der Waals surface area contributed by atoms with Crippen LogP contribution >= 0.6 is 0 Å². The molecule has 1 amide bonds. The maximum atomic E-state index is 13.3. The van der Waals surface area contributed by atoms with E-state index in [1.54, 1.807) is 6.07 Å². The molecule has 1 aromatic rings. The van der Waals surface area contributed by atoms with Gasteiger partial charge in [-0.1, -0.05) is 0 Å². The Bertz CT molecular complexity index is 558. The van der Waals surface area contributed by atoms with Gasteiger partial charge in [0, 0.05) is 31.4 Å². The summed E-state index contributed by atoms with van der Waals surface area (Å²) in [5, 5.41) is 2.75. The van der Waals surface area contributed by atoms with Crippen LogP contribution in [0.5, 0.6) is 0 Å². The van der Waals surface area contributed by atoms with E-state index in [2.05, 4.69) is 5.32 Å². The fourth-order valence-electron chi connectivity index (χ4n) is 2.68. The van der Waals surface area contributed by atoms with Gasteiger partial charge in [0.05, 0.1) is 0 Å². The van der Waals surface area contributed by atoms with Gasteiger partial charge in [-0.2, -0.15) is 0 Å². The van der Waals surface area contributed by atoms with Crippen LogP contribution in [-0.4, -0.2) is 31.3 Å². The summed E-state index contributed by atoms with van der Waals surface area (Å²) < 4.78 is 31.4. The third-order valence-electron chi connectivity index (χ3n) is 3.77. The number of carbonyl (C=O) groups excluding carboxylic acids is 1. The van der Waals surface area contributed by atoms with Gasteiger partial charge in [0.2, 0.25) is 0 Å². The first-order chi connectivity index (χ1) is 10.7. The minimum Gasteiger partial charge on any atom is -0.444 e. The van der Waals surface area contributed by atoms with Crippen molar-refractivity contribution in [1.29, 1.82) is 0 Å². The van der Waals surface area contributed by atoms with E-state index in [4.69, 9.17) is 4.74 Å². The molecule has 4 nitrogen and oxygen atoms in total. The first-order valence-electron chi connectivity index (χ1n) is 7.91. The number of anilines is 1. The SMILES string of the molecule is CC(C)(C)OC(=O)NCCC1CCN(c2ccc(F)c(F)c2)C1. The molecule has 1 atom stereocenters. The third kappa shape index (κ3) is 5.37. The van der Waals surface area contributed by atoms with E-state index in [-0.39, 0.29) is 0 Å². The number of amides is 1. The lowest BCUT2D eigenvalue weighted by Gasteiger charge is -2.20. The lowest BCUT2D eigenvalue weighted by molar-refractivity contribution is 0.0525. The molecule has 1 aromatic carbocycles. The molecule has 1 N–H and O–H groups in total. The highest BCUT2D eigenvalue weighted by Crippen LogP contribution is 2.26. The van der Waals surface area contributed by atoms with Crippen molar-refractivity contribution in [2.75, 3.05) is 24.5 Å². The molecule has 0 aliphatic carbocycles. The highest BCUT2D eigenvalue weighted by atomic mass is 19.2. The van der Waals surface area contributed by atoms with E-state index in [9.17, 15) is 13.6 Å². The largest absolute Gasteiger partial charge is 0.444 e. The standard InChI is InChI=1S/C17H24F2N2O2/c1-17(2,3)23-16(22)20-8-6-12-7-9-21(11-12)13-4-5-14(18)15(19)10-13/h4-5,10,12H,6-9,11H2,1-3H3,(H,20,22). The molecule has 0 bridgehead atoms. The Morgan fingerprint density at radius 3 is 2.74 bits per heavy atom. The number of halogens is 2. The summed E-state index contributed by atoms with van der Waals surface area (Å²) in [5.74, 6) is -1.23. The molecule has 1 aliphatic heterocycles. The average molecular weight is 326 g/mol. The van der Waals surface area contributed by atoms with Gasteiger partial charge in [-0.05, 0) is 51.7 Å². The highest BCUT2D eigenvalue weighted by Gasteiger charge is 2.23. The Morgan fingerprint density at radius 1 is 1.35 bits per heavy atom. The van der Waals surface area contributed by atoms with Crippen LogP contribution in [0, 0.1) is 17.6 Å². The molecule has 0 saturated carbocycles. The van der Waals surface area contributed by atoms with Crippen LogP contribution in [0.2, 0.25) is 0 Å². The second-order valence-electron chi connectivity index (χ2n) is 6.92. The van der Waals surface area contributed by atoms with Gasteiger partial charge in [0.1, 0.15) is 5.60 Å². The van der Waals surface area contributed by atoms with Gasteiger partial charge in [0.15, 0.2) is 11.6 Å². The zero-order valence-corrected chi connectivity index (χ0v) is 13.9. The smallest absolute Gasteiger partial charge is 0.407 e. The molecular weight excluding hydrogens is 302 g/mol. The van der Waals surface area contributed by atoms with E-state index < -0.39 is 23.3 Å². The Morgan fingerprint density at radius 2 is 2.09 bits per heavy atom. The van der Waals surface area contributed by atoms with E-state index >= 15 is 0 Å². The van der Waals surface area contributed by atoms with Crippen LogP contribution in [0.25, 0.3) is 0 Å². The molecule has 1 fully saturated rings. The molecule has 1 unspecified atom stereocenters. The number of carbonyl (C=O) groups is 1. The van der Waals surface area contributed by atoms with Crippen LogP contribution < -0.4 is 10.2 Å². The fraction of sp³-hybridized carbons (Fsp3) is 0.588. The number of hydrogen-bond acceptors (Lipinski definition) is 3. The molecule has 1 heterocycles. The molecule has 1 saturated heterocycles. The number of nitrogens with one attached hydrogen (secondary N) is 1. The van der Waals surface area contributed by atoms with Crippen molar-refractivity contribution < 1.29 is 18.3 Å². The number of nitrogens with zero attached hydrogens (tertiary/aromatic N) is 1. The van der Waals surface area contributed by atoms with Crippen LogP contribution in [0.3, 0.4) is 0 Å². The molecular formula is C17H24F2N2O2. The fourth-order valence-corrected chi connectivity index (χ4v) is 2.68. The first kappa shape index (κ1) is 17.5. The molecule has 0 radical (unpaired) electrons.